The monoisotopic (exact) mass is 432 g/mol. The predicted molar refractivity (Wildman–Crippen MR) is 124 cm³/mol. The highest BCUT2D eigenvalue weighted by Gasteiger charge is 2.33. The van der Waals surface area contributed by atoms with Crippen molar-refractivity contribution in [2.24, 2.45) is 0 Å². The second kappa shape index (κ2) is 9.79. The highest BCUT2D eigenvalue weighted by molar-refractivity contribution is 5.32. The van der Waals surface area contributed by atoms with Gasteiger partial charge < -0.3 is 4.74 Å². The average Bonchev–Trinajstić information content (AvgIpc) is 3.54. The van der Waals surface area contributed by atoms with Crippen LogP contribution in [0.15, 0.2) is 54.6 Å². The van der Waals surface area contributed by atoms with Crippen molar-refractivity contribution in [1.82, 2.24) is 30.0 Å². The van der Waals surface area contributed by atoms with Gasteiger partial charge in [0, 0.05) is 32.2 Å². The van der Waals surface area contributed by atoms with Crippen molar-refractivity contribution in [1.29, 1.82) is 0 Å². The largest absolute Gasteiger partial charge is 0.497 e. The van der Waals surface area contributed by atoms with Crippen molar-refractivity contribution in [2.75, 3.05) is 33.3 Å². The van der Waals surface area contributed by atoms with Crippen molar-refractivity contribution in [2.45, 2.75) is 44.3 Å². The number of benzene rings is 2. The van der Waals surface area contributed by atoms with E-state index < -0.39 is 0 Å². The van der Waals surface area contributed by atoms with Crippen molar-refractivity contribution in [3.05, 3.63) is 71.5 Å². The van der Waals surface area contributed by atoms with Crippen LogP contribution < -0.4 is 4.74 Å². The van der Waals surface area contributed by atoms with Gasteiger partial charge >= 0.3 is 0 Å². The molecule has 168 valence electrons. The van der Waals surface area contributed by atoms with E-state index in [4.69, 9.17) is 4.74 Å². The number of nitrogens with zero attached hydrogens (tertiary/aromatic N) is 6. The van der Waals surface area contributed by atoms with Crippen molar-refractivity contribution < 1.29 is 4.74 Å². The van der Waals surface area contributed by atoms with Crippen LogP contribution >= 0.6 is 0 Å². The second-order valence-electron chi connectivity index (χ2n) is 8.87. The second-order valence-corrected chi connectivity index (χ2v) is 8.87. The van der Waals surface area contributed by atoms with Gasteiger partial charge in [-0.05, 0) is 46.5 Å². The third kappa shape index (κ3) is 4.54. The summed E-state index contributed by atoms with van der Waals surface area (Å²) in [4.78, 5) is 5.24. The van der Waals surface area contributed by atoms with E-state index >= 15 is 0 Å². The molecular formula is C25H32N6O. The number of tetrazole rings is 1. The molecule has 5 rings (SSSR count). The fourth-order valence-electron chi connectivity index (χ4n) is 5.22. The van der Waals surface area contributed by atoms with Gasteiger partial charge in [0.15, 0.2) is 5.82 Å². The van der Waals surface area contributed by atoms with E-state index in [0.717, 1.165) is 43.8 Å². The fourth-order valence-corrected chi connectivity index (χ4v) is 5.22. The van der Waals surface area contributed by atoms with E-state index in [1.807, 2.05) is 22.9 Å². The Morgan fingerprint density at radius 1 is 0.938 bits per heavy atom. The molecule has 0 amide bonds. The van der Waals surface area contributed by atoms with Gasteiger partial charge in [0.25, 0.3) is 0 Å². The zero-order chi connectivity index (χ0) is 21.8. The van der Waals surface area contributed by atoms with Gasteiger partial charge in [-0.3, -0.25) is 9.80 Å². The Kier molecular flexibility index (Phi) is 6.46. The van der Waals surface area contributed by atoms with Crippen LogP contribution in [0.4, 0.5) is 0 Å². The summed E-state index contributed by atoms with van der Waals surface area (Å²) in [5.74, 6) is 1.76. The number of hydrogen-bond donors (Lipinski definition) is 0. The van der Waals surface area contributed by atoms with E-state index in [-0.39, 0.29) is 6.04 Å². The van der Waals surface area contributed by atoms with Crippen LogP contribution in [0, 0.1) is 0 Å². The Labute approximate surface area is 190 Å². The highest BCUT2D eigenvalue weighted by atomic mass is 16.5. The summed E-state index contributed by atoms with van der Waals surface area (Å²) in [5.41, 5.74) is 2.39. The summed E-state index contributed by atoms with van der Waals surface area (Å²) in [7, 11) is 1.70. The standard InChI is InChI=1S/C25H32N6O/c1-32-23-13-11-21(12-14-23)24(30-17-15-29(16-18-30)22-9-5-6-10-22)25-26-27-28-31(25)19-20-7-3-2-4-8-20/h2-4,7-8,11-14,22,24H,5-6,9-10,15-19H2,1H3/t24-/m0/s1. The van der Waals surface area contributed by atoms with Gasteiger partial charge in [-0.1, -0.05) is 55.3 Å². The van der Waals surface area contributed by atoms with Gasteiger partial charge in [-0.15, -0.1) is 5.10 Å². The Hall–Kier alpha value is -2.77. The van der Waals surface area contributed by atoms with E-state index in [2.05, 4.69) is 61.7 Å². The molecule has 1 atom stereocenters. The molecule has 1 aliphatic carbocycles. The number of aromatic nitrogens is 4. The number of ether oxygens (including phenoxy) is 1. The molecule has 32 heavy (non-hydrogen) atoms. The predicted octanol–water partition coefficient (Wildman–Crippen LogP) is 3.38. The lowest BCUT2D eigenvalue weighted by molar-refractivity contribution is 0.0771. The third-order valence-corrected chi connectivity index (χ3v) is 6.97. The van der Waals surface area contributed by atoms with Crippen LogP contribution in [0.5, 0.6) is 5.75 Å². The fraction of sp³-hybridized carbons (Fsp3) is 0.480. The zero-order valence-electron chi connectivity index (χ0n) is 18.8. The normalized spacial score (nSPS) is 19.3. The summed E-state index contributed by atoms with van der Waals surface area (Å²) >= 11 is 0. The SMILES string of the molecule is COc1ccc([C@@H](c2nnnn2Cc2ccccc2)N2CCN(C3CCCC3)CC2)cc1. The lowest BCUT2D eigenvalue weighted by Crippen LogP contribution is -2.51. The number of piperazine rings is 1. The Balaban J connectivity index is 1.41. The number of rotatable bonds is 7. The molecule has 2 fully saturated rings. The molecule has 0 N–H and O–H groups in total. The molecule has 3 aromatic rings. The van der Waals surface area contributed by atoms with E-state index in [1.165, 1.54) is 36.8 Å². The molecule has 1 saturated carbocycles. The molecule has 2 heterocycles. The van der Waals surface area contributed by atoms with Crippen molar-refractivity contribution in [3.8, 4) is 5.75 Å². The topological polar surface area (TPSA) is 59.3 Å². The molecule has 0 radical (unpaired) electrons. The first-order valence-electron chi connectivity index (χ1n) is 11.7. The summed E-state index contributed by atoms with van der Waals surface area (Å²) in [5, 5.41) is 12.9. The van der Waals surface area contributed by atoms with Crippen LogP contribution in [0.1, 0.15) is 48.7 Å². The molecule has 1 aliphatic heterocycles. The van der Waals surface area contributed by atoms with Gasteiger partial charge in [-0.25, -0.2) is 4.68 Å². The first-order chi connectivity index (χ1) is 15.8. The van der Waals surface area contributed by atoms with Gasteiger partial charge in [-0.2, -0.15) is 0 Å². The van der Waals surface area contributed by atoms with Gasteiger partial charge in [0.05, 0.1) is 19.7 Å². The molecule has 1 aromatic heterocycles. The lowest BCUT2D eigenvalue weighted by atomic mass is 10.0. The van der Waals surface area contributed by atoms with Crippen molar-refractivity contribution in [3.63, 3.8) is 0 Å². The molecular weight excluding hydrogens is 400 g/mol. The minimum absolute atomic E-state index is 0.0188. The van der Waals surface area contributed by atoms with E-state index in [1.54, 1.807) is 7.11 Å². The molecule has 2 aliphatic rings. The van der Waals surface area contributed by atoms with Crippen LogP contribution in [-0.2, 0) is 6.54 Å². The summed E-state index contributed by atoms with van der Waals surface area (Å²) in [6.45, 7) is 4.92. The van der Waals surface area contributed by atoms with Crippen molar-refractivity contribution >= 4 is 0 Å². The summed E-state index contributed by atoms with van der Waals surface area (Å²) in [6, 6.07) is 19.5. The Bertz CT molecular complexity index is 975. The first-order valence-corrected chi connectivity index (χ1v) is 11.7. The van der Waals surface area contributed by atoms with Gasteiger partial charge in [0.2, 0.25) is 0 Å². The summed E-state index contributed by atoms with van der Waals surface area (Å²) in [6.07, 6.45) is 5.48. The molecule has 2 aromatic carbocycles. The molecule has 7 nitrogen and oxygen atoms in total. The maximum absolute atomic E-state index is 5.39. The first kappa shape index (κ1) is 21.1. The van der Waals surface area contributed by atoms with Crippen LogP contribution in [0.3, 0.4) is 0 Å². The minimum atomic E-state index is 0.0188. The van der Waals surface area contributed by atoms with Crippen LogP contribution in [-0.4, -0.2) is 69.3 Å². The Morgan fingerprint density at radius 2 is 1.66 bits per heavy atom. The average molecular weight is 433 g/mol. The highest BCUT2D eigenvalue weighted by Crippen LogP contribution is 2.31. The lowest BCUT2D eigenvalue weighted by Gasteiger charge is -2.41. The smallest absolute Gasteiger partial charge is 0.173 e. The maximum Gasteiger partial charge on any atom is 0.173 e. The number of methoxy groups -OCH3 is 1. The molecule has 7 heteroatoms. The number of hydrogen-bond acceptors (Lipinski definition) is 6. The van der Waals surface area contributed by atoms with Crippen LogP contribution in [0.2, 0.25) is 0 Å². The molecule has 0 unspecified atom stereocenters. The maximum atomic E-state index is 5.39. The van der Waals surface area contributed by atoms with E-state index in [9.17, 15) is 0 Å². The summed E-state index contributed by atoms with van der Waals surface area (Å²) < 4.78 is 7.35. The third-order valence-electron chi connectivity index (χ3n) is 6.97. The van der Waals surface area contributed by atoms with E-state index in [0.29, 0.717) is 6.54 Å². The minimum Gasteiger partial charge on any atom is -0.497 e. The Morgan fingerprint density at radius 3 is 2.34 bits per heavy atom. The molecule has 0 bridgehead atoms. The quantitative estimate of drug-likeness (QED) is 0.571. The van der Waals surface area contributed by atoms with Gasteiger partial charge in [0.1, 0.15) is 5.75 Å². The molecule has 1 saturated heterocycles. The van der Waals surface area contributed by atoms with Crippen LogP contribution in [0.25, 0.3) is 0 Å². The molecule has 0 spiro atoms. The zero-order valence-corrected chi connectivity index (χ0v) is 18.8.